The average Bonchev–Trinajstić information content (AvgIpc) is 3.33. The van der Waals surface area contributed by atoms with Crippen LogP contribution in [-0.4, -0.2) is 56.7 Å². The van der Waals surface area contributed by atoms with Crippen LogP contribution < -0.4 is 0 Å². The fraction of sp³-hybridized carbons (Fsp3) is 0.409. The molecule has 0 spiro atoms. The highest BCUT2D eigenvalue weighted by atomic mass is 16.3. The van der Waals surface area contributed by atoms with Gasteiger partial charge in [0, 0.05) is 56.9 Å². The highest BCUT2D eigenvalue weighted by Gasteiger charge is 2.27. The Morgan fingerprint density at radius 2 is 2.07 bits per heavy atom. The number of aliphatic hydroxyl groups excluding tert-OH is 1. The number of aliphatic hydroxyl groups is 1. The summed E-state index contributed by atoms with van der Waals surface area (Å²) in [6.07, 6.45) is 6.56. The van der Waals surface area contributed by atoms with Crippen LogP contribution in [0.1, 0.15) is 23.6 Å². The summed E-state index contributed by atoms with van der Waals surface area (Å²) >= 11 is 0. The first kappa shape index (κ1) is 18.9. The van der Waals surface area contributed by atoms with Crippen molar-refractivity contribution in [1.29, 1.82) is 0 Å². The molecule has 1 aliphatic rings. The number of furan rings is 1. The van der Waals surface area contributed by atoms with Gasteiger partial charge in [-0.25, -0.2) is 0 Å². The molecule has 0 aliphatic carbocycles. The Hall–Kier alpha value is -2.41. The summed E-state index contributed by atoms with van der Waals surface area (Å²) in [5.74, 6) is 1.95. The van der Waals surface area contributed by atoms with E-state index < -0.39 is 0 Å². The molecule has 4 rings (SSSR count). The fourth-order valence-corrected chi connectivity index (χ4v) is 4.02. The molecule has 6 heteroatoms. The first-order valence-corrected chi connectivity index (χ1v) is 9.92. The van der Waals surface area contributed by atoms with Gasteiger partial charge in [0.2, 0.25) is 0 Å². The van der Waals surface area contributed by atoms with E-state index in [1.165, 1.54) is 5.69 Å². The molecule has 1 saturated heterocycles. The van der Waals surface area contributed by atoms with E-state index in [1.54, 1.807) is 6.20 Å². The maximum Gasteiger partial charge on any atom is 0.118 e. The standard InChI is InChI=1S/C22H28N4O2/c1-18-6-7-22(28-18)17-25-12-11-24(15-20(25)8-13-27)16-21-5-3-10-26(21)19-4-2-9-23-14-19/h2-7,9-10,14,20,27H,8,11-13,15-17H2,1H3. The molecule has 1 aliphatic heterocycles. The predicted octanol–water partition coefficient (Wildman–Crippen LogP) is 2.84. The summed E-state index contributed by atoms with van der Waals surface area (Å²) in [5, 5.41) is 9.56. The van der Waals surface area contributed by atoms with Crippen LogP contribution in [-0.2, 0) is 13.1 Å². The molecule has 3 aromatic rings. The van der Waals surface area contributed by atoms with E-state index in [-0.39, 0.29) is 6.61 Å². The first-order chi connectivity index (χ1) is 13.7. The van der Waals surface area contributed by atoms with Gasteiger partial charge in [0.25, 0.3) is 0 Å². The molecule has 1 unspecified atom stereocenters. The minimum atomic E-state index is 0.207. The summed E-state index contributed by atoms with van der Waals surface area (Å²) in [7, 11) is 0. The lowest BCUT2D eigenvalue weighted by Gasteiger charge is -2.41. The summed E-state index contributed by atoms with van der Waals surface area (Å²) in [6, 6.07) is 12.7. The third kappa shape index (κ3) is 4.35. The van der Waals surface area contributed by atoms with E-state index in [2.05, 4.69) is 49.8 Å². The average molecular weight is 380 g/mol. The second kappa shape index (κ2) is 8.73. The van der Waals surface area contributed by atoms with Crippen molar-refractivity contribution in [2.24, 2.45) is 0 Å². The van der Waals surface area contributed by atoms with Crippen molar-refractivity contribution in [3.05, 3.63) is 72.2 Å². The van der Waals surface area contributed by atoms with Gasteiger partial charge < -0.3 is 14.1 Å². The molecule has 0 bridgehead atoms. The van der Waals surface area contributed by atoms with Crippen LogP contribution in [0.3, 0.4) is 0 Å². The van der Waals surface area contributed by atoms with Crippen LogP contribution in [0.4, 0.5) is 0 Å². The van der Waals surface area contributed by atoms with Crippen LogP contribution in [0.5, 0.6) is 0 Å². The van der Waals surface area contributed by atoms with Crippen molar-refractivity contribution in [1.82, 2.24) is 19.4 Å². The topological polar surface area (TPSA) is 57.7 Å². The molecule has 28 heavy (non-hydrogen) atoms. The third-order valence-electron chi connectivity index (χ3n) is 5.45. The van der Waals surface area contributed by atoms with Gasteiger partial charge in [-0.05, 0) is 49.7 Å². The lowest BCUT2D eigenvalue weighted by Crippen LogP contribution is -2.52. The Morgan fingerprint density at radius 1 is 1.14 bits per heavy atom. The molecule has 1 atom stereocenters. The van der Waals surface area contributed by atoms with Crippen LogP contribution in [0, 0.1) is 6.92 Å². The van der Waals surface area contributed by atoms with Crippen molar-refractivity contribution >= 4 is 0 Å². The Kier molecular flexibility index (Phi) is 5.90. The van der Waals surface area contributed by atoms with Gasteiger partial charge in [0.05, 0.1) is 18.4 Å². The Balaban J connectivity index is 1.43. The molecule has 1 fully saturated rings. The van der Waals surface area contributed by atoms with E-state index in [0.717, 1.165) is 56.4 Å². The van der Waals surface area contributed by atoms with Gasteiger partial charge in [-0.1, -0.05) is 0 Å². The van der Waals surface area contributed by atoms with E-state index in [1.807, 2.05) is 25.3 Å². The Morgan fingerprint density at radius 3 is 2.82 bits per heavy atom. The minimum Gasteiger partial charge on any atom is -0.465 e. The van der Waals surface area contributed by atoms with Crippen molar-refractivity contribution in [2.75, 3.05) is 26.2 Å². The number of pyridine rings is 1. The molecule has 0 saturated carbocycles. The van der Waals surface area contributed by atoms with Gasteiger partial charge in [-0.15, -0.1) is 0 Å². The summed E-state index contributed by atoms with van der Waals surface area (Å²) in [5.41, 5.74) is 2.34. The SMILES string of the molecule is Cc1ccc(CN2CCN(Cc3cccn3-c3cccnc3)CC2CCO)o1. The van der Waals surface area contributed by atoms with Crippen molar-refractivity contribution in [3.8, 4) is 5.69 Å². The maximum atomic E-state index is 9.56. The van der Waals surface area contributed by atoms with Gasteiger partial charge in [0.1, 0.15) is 11.5 Å². The van der Waals surface area contributed by atoms with E-state index in [4.69, 9.17) is 4.42 Å². The summed E-state index contributed by atoms with van der Waals surface area (Å²) < 4.78 is 7.96. The lowest BCUT2D eigenvalue weighted by atomic mass is 10.1. The zero-order chi connectivity index (χ0) is 19.3. The summed E-state index contributed by atoms with van der Waals surface area (Å²) in [4.78, 5) is 9.15. The highest BCUT2D eigenvalue weighted by molar-refractivity contribution is 5.32. The molecule has 148 valence electrons. The van der Waals surface area contributed by atoms with Crippen LogP contribution >= 0.6 is 0 Å². The van der Waals surface area contributed by atoms with Crippen LogP contribution in [0.2, 0.25) is 0 Å². The van der Waals surface area contributed by atoms with Crippen molar-refractivity contribution in [2.45, 2.75) is 32.5 Å². The van der Waals surface area contributed by atoms with Crippen molar-refractivity contribution < 1.29 is 9.52 Å². The number of aromatic nitrogens is 2. The lowest BCUT2D eigenvalue weighted by molar-refractivity contribution is 0.0447. The smallest absolute Gasteiger partial charge is 0.118 e. The molecule has 3 aromatic heterocycles. The second-order valence-corrected chi connectivity index (χ2v) is 7.46. The number of rotatable bonds is 7. The maximum absolute atomic E-state index is 9.56. The predicted molar refractivity (Wildman–Crippen MR) is 108 cm³/mol. The van der Waals surface area contributed by atoms with Gasteiger partial charge >= 0.3 is 0 Å². The zero-order valence-corrected chi connectivity index (χ0v) is 16.4. The molecular weight excluding hydrogens is 352 g/mol. The van der Waals surface area contributed by atoms with E-state index in [9.17, 15) is 5.11 Å². The van der Waals surface area contributed by atoms with Gasteiger partial charge in [-0.3, -0.25) is 14.8 Å². The van der Waals surface area contributed by atoms with E-state index >= 15 is 0 Å². The first-order valence-electron chi connectivity index (χ1n) is 9.92. The normalized spacial score (nSPS) is 18.6. The molecular formula is C22H28N4O2. The second-order valence-electron chi connectivity index (χ2n) is 7.46. The summed E-state index contributed by atoms with van der Waals surface area (Å²) in [6.45, 7) is 6.79. The van der Waals surface area contributed by atoms with Crippen LogP contribution in [0.15, 0.2) is 59.4 Å². The molecule has 0 radical (unpaired) electrons. The number of aryl methyl sites for hydroxylation is 1. The number of hydrogen-bond donors (Lipinski definition) is 1. The Labute approximate surface area is 166 Å². The monoisotopic (exact) mass is 380 g/mol. The van der Waals surface area contributed by atoms with Crippen molar-refractivity contribution in [3.63, 3.8) is 0 Å². The zero-order valence-electron chi connectivity index (χ0n) is 16.4. The fourth-order valence-electron chi connectivity index (χ4n) is 4.02. The number of piperazine rings is 1. The number of nitrogens with zero attached hydrogens (tertiary/aromatic N) is 4. The molecule has 1 N–H and O–H groups in total. The molecule has 4 heterocycles. The van der Waals surface area contributed by atoms with Gasteiger partial charge in [-0.2, -0.15) is 0 Å². The molecule has 6 nitrogen and oxygen atoms in total. The third-order valence-corrected chi connectivity index (χ3v) is 5.45. The highest BCUT2D eigenvalue weighted by Crippen LogP contribution is 2.20. The van der Waals surface area contributed by atoms with Crippen LogP contribution in [0.25, 0.3) is 5.69 Å². The van der Waals surface area contributed by atoms with E-state index in [0.29, 0.717) is 6.04 Å². The Bertz CT molecular complexity index is 874. The minimum absolute atomic E-state index is 0.207. The quantitative estimate of drug-likeness (QED) is 0.683. The molecule has 0 aromatic carbocycles. The molecule has 0 amide bonds. The van der Waals surface area contributed by atoms with Gasteiger partial charge in [0.15, 0.2) is 0 Å². The largest absolute Gasteiger partial charge is 0.465 e. The number of hydrogen-bond acceptors (Lipinski definition) is 5.